The van der Waals surface area contributed by atoms with Crippen LogP contribution in [0.2, 0.25) is 5.02 Å². The fraction of sp³-hybridized carbons (Fsp3) is 0.200. The third kappa shape index (κ3) is 5.11. The lowest BCUT2D eigenvalue weighted by Crippen LogP contribution is -2.20. The Morgan fingerprint density at radius 2 is 1.93 bits per heavy atom. The number of aromatic nitrogens is 2. The van der Waals surface area contributed by atoms with E-state index in [4.69, 9.17) is 21.1 Å². The van der Waals surface area contributed by atoms with E-state index in [1.54, 1.807) is 12.1 Å². The van der Waals surface area contributed by atoms with Crippen molar-refractivity contribution in [3.8, 4) is 11.4 Å². The minimum Gasteiger partial charge on any atom is -0.491 e. The Labute approximate surface area is 175 Å². The Bertz CT molecular complexity index is 1040. The van der Waals surface area contributed by atoms with Crippen LogP contribution in [-0.4, -0.2) is 36.0 Å². The summed E-state index contributed by atoms with van der Waals surface area (Å²) in [5.74, 6) is -0.514. The van der Waals surface area contributed by atoms with Crippen molar-refractivity contribution in [2.75, 3.05) is 25.6 Å². The Morgan fingerprint density at radius 1 is 1.17 bits per heavy atom. The second-order valence-corrected chi connectivity index (χ2v) is 6.56. The molecule has 0 saturated carbocycles. The zero-order valence-electron chi connectivity index (χ0n) is 15.7. The van der Waals surface area contributed by atoms with Crippen LogP contribution >= 0.6 is 11.6 Å². The summed E-state index contributed by atoms with van der Waals surface area (Å²) < 4.78 is 52.2. The van der Waals surface area contributed by atoms with Gasteiger partial charge in [-0.1, -0.05) is 23.7 Å². The largest absolute Gasteiger partial charge is 0.491 e. The number of ether oxygens (including phenoxy) is 2. The van der Waals surface area contributed by atoms with Crippen molar-refractivity contribution < 1.29 is 27.4 Å². The van der Waals surface area contributed by atoms with Gasteiger partial charge in [0.2, 0.25) is 0 Å². The average Bonchev–Trinajstić information content (AvgIpc) is 3.14. The van der Waals surface area contributed by atoms with Gasteiger partial charge in [0.05, 0.1) is 24.1 Å². The number of carbonyl (C=O) groups excluding carboxylic acids is 1. The number of hydrogen-bond acceptors (Lipinski definition) is 4. The van der Waals surface area contributed by atoms with E-state index in [0.29, 0.717) is 23.6 Å². The summed E-state index contributed by atoms with van der Waals surface area (Å²) in [7, 11) is 1.53. The Balaban J connectivity index is 1.89. The van der Waals surface area contributed by atoms with Gasteiger partial charge in [0, 0.05) is 23.9 Å². The summed E-state index contributed by atoms with van der Waals surface area (Å²) in [5.41, 5.74) is -1.45. The normalized spacial score (nSPS) is 11.4. The van der Waals surface area contributed by atoms with Crippen molar-refractivity contribution in [1.82, 2.24) is 9.78 Å². The highest BCUT2D eigenvalue weighted by atomic mass is 35.5. The number of rotatable bonds is 7. The third-order valence-electron chi connectivity index (χ3n) is 3.98. The molecule has 3 aromatic rings. The number of alkyl halides is 3. The number of amides is 1. The molecule has 0 radical (unpaired) electrons. The van der Waals surface area contributed by atoms with Crippen LogP contribution in [0, 0.1) is 0 Å². The van der Waals surface area contributed by atoms with Crippen molar-refractivity contribution in [1.29, 1.82) is 0 Å². The zero-order chi connectivity index (χ0) is 21.7. The molecule has 0 aliphatic rings. The molecule has 0 atom stereocenters. The first-order valence-electron chi connectivity index (χ1n) is 8.74. The van der Waals surface area contributed by atoms with E-state index in [1.807, 2.05) is 0 Å². The second kappa shape index (κ2) is 9.19. The van der Waals surface area contributed by atoms with Gasteiger partial charge in [0.1, 0.15) is 12.4 Å². The SMILES string of the molecule is COCCOc1cccc(NC(=O)c2cnn(-c3cccc(Cl)c3)c2C(F)(F)F)c1. The molecule has 6 nitrogen and oxygen atoms in total. The number of anilines is 1. The number of hydrogen-bond donors (Lipinski definition) is 1. The third-order valence-corrected chi connectivity index (χ3v) is 4.22. The molecular formula is C20H17ClF3N3O3. The van der Waals surface area contributed by atoms with Crippen LogP contribution in [0.1, 0.15) is 16.1 Å². The summed E-state index contributed by atoms with van der Waals surface area (Å²) in [6, 6.07) is 12.1. The van der Waals surface area contributed by atoms with Gasteiger partial charge in [-0.3, -0.25) is 4.79 Å². The number of carbonyl (C=O) groups is 1. The lowest BCUT2D eigenvalue weighted by atomic mass is 10.2. The molecule has 0 saturated heterocycles. The van der Waals surface area contributed by atoms with Crippen LogP contribution in [0.25, 0.3) is 5.69 Å². The fourth-order valence-electron chi connectivity index (χ4n) is 2.70. The highest BCUT2D eigenvalue weighted by molar-refractivity contribution is 6.30. The number of halogens is 4. The van der Waals surface area contributed by atoms with E-state index >= 15 is 0 Å². The molecule has 10 heteroatoms. The van der Waals surface area contributed by atoms with Crippen molar-refractivity contribution in [2.45, 2.75) is 6.18 Å². The van der Waals surface area contributed by atoms with E-state index in [1.165, 1.54) is 43.5 Å². The van der Waals surface area contributed by atoms with E-state index in [9.17, 15) is 18.0 Å². The van der Waals surface area contributed by atoms with Crippen LogP contribution in [-0.2, 0) is 10.9 Å². The predicted molar refractivity (Wildman–Crippen MR) is 105 cm³/mol. The van der Waals surface area contributed by atoms with Gasteiger partial charge in [-0.15, -0.1) is 0 Å². The minimum absolute atomic E-state index is 0.0856. The monoisotopic (exact) mass is 439 g/mol. The van der Waals surface area contributed by atoms with Crippen molar-refractivity contribution in [2.24, 2.45) is 0 Å². The highest BCUT2D eigenvalue weighted by Gasteiger charge is 2.40. The van der Waals surface area contributed by atoms with Crippen molar-refractivity contribution in [3.05, 3.63) is 71.0 Å². The fourth-order valence-corrected chi connectivity index (χ4v) is 2.88. The summed E-state index contributed by atoms with van der Waals surface area (Å²) in [6.07, 6.45) is -3.95. The maximum Gasteiger partial charge on any atom is 0.434 e. The topological polar surface area (TPSA) is 65.4 Å². The Hall–Kier alpha value is -3.04. The molecule has 3 rings (SSSR count). The van der Waals surface area contributed by atoms with Gasteiger partial charge in [0.25, 0.3) is 5.91 Å². The standard InChI is InChI=1S/C20H17ClF3N3O3/c1-29-8-9-30-16-7-3-5-14(11-16)26-19(28)17-12-25-27(18(17)20(22,23)24)15-6-2-4-13(21)10-15/h2-7,10-12H,8-9H2,1H3,(H,26,28). The van der Waals surface area contributed by atoms with Crippen molar-refractivity contribution >= 4 is 23.2 Å². The van der Waals surface area contributed by atoms with Crippen LogP contribution in [0.3, 0.4) is 0 Å². The summed E-state index contributed by atoms with van der Waals surface area (Å²) in [5, 5.41) is 6.45. The van der Waals surface area contributed by atoms with Crippen LogP contribution < -0.4 is 10.1 Å². The molecule has 2 aromatic carbocycles. The number of nitrogens with zero attached hydrogens (tertiary/aromatic N) is 2. The molecule has 1 N–H and O–H groups in total. The Kier molecular flexibility index (Phi) is 6.63. The number of methoxy groups -OCH3 is 1. The van der Waals surface area contributed by atoms with Gasteiger partial charge in [-0.05, 0) is 30.3 Å². The molecule has 1 heterocycles. The first-order valence-corrected chi connectivity index (χ1v) is 9.11. The molecule has 0 aliphatic heterocycles. The van der Waals surface area contributed by atoms with E-state index in [-0.39, 0.29) is 16.4 Å². The highest BCUT2D eigenvalue weighted by Crippen LogP contribution is 2.34. The quantitative estimate of drug-likeness (QED) is 0.536. The minimum atomic E-state index is -4.82. The first-order chi connectivity index (χ1) is 14.3. The van der Waals surface area contributed by atoms with Crippen LogP contribution in [0.4, 0.5) is 18.9 Å². The molecular weight excluding hydrogens is 423 g/mol. The number of benzene rings is 2. The lowest BCUT2D eigenvalue weighted by Gasteiger charge is -2.13. The van der Waals surface area contributed by atoms with Crippen molar-refractivity contribution in [3.63, 3.8) is 0 Å². The maximum absolute atomic E-state index is 13.8. The summed E-state index contributed by atoms with van der Waals surface area (Å²) in [6.45, 7) is 0.659. The molecule has 158 valence electrons. The van der Waals surface area contributed by atoms with Gasteiger partial charge < -0.3 is 14.8 Å². The smallest absolute Gasteiger partial charge is 0.434 e. The lowest BCUT2D eigenvalue weighted by molar-refractivity contribution is -0.143. The van der Waals surface area contributed by atoms with Gasteiger partial charge in [0.15, 0.2) is 5.69 Å². The van der Waals surface area contributed by atoms with Crippen LogP contribution in [0.5, 0.6) is 5.75 Å². The predicted octanol–water partition coefficient (Wildman–Crippen LogP) is 4.82. The summed E-state index contributed by atoms with van der Waals surface area (Å²) >= 11 is 5.88. The first kappa shape index (κ1) is 21.7. The second-order valence-electron chi connectivity index (χ2n) is 6.12. The molecule has 1 aromatic heterocycles. The van der Waals surface area contributed by atoms with E-state index in [0.717, 1.165) is 6.20 Å². The molecule has 0 bridgehead atoms. The molecule has 0 aliphatic carbocycles. The van der Waals surface area contributed by atoms with Crippen LogP contribution in [0.15, 0.2) is 54.7 Å². The Morgan fingerprint density at radius 3 is 2.63 bits per heavy atom. The molecule has 1 amide bonds. The maximum atomic E-state index is 13.8. The zero-order valence-corrected chi connectivity index (χ0v) is 16.5. The average molecular weight is 440 g/mol. The molecule has 0 unspecified atom stereocenters. The van der Waals surface area contributed by atoms with Gasteiger partial charge in [-0.2, -0.15) is 18.3 Å². The van der Waals surface area contributed by atoms with Gasteiger partial charge in [-0.25, -0.2) is 4.68 Å². The van der Waals surface area contributed by atoms with E-state index < -0.39 is 23.3 Å². The number of nitrogens with one attached hydrogen (secondary N) is 1. The molecule has 30 heavy (non-hydrogen) atoms. The van der Waals surface area contributed by atoms with Gasteiger partial charge >= 0.3 is 6.18 Å². The molecule has 0 fully saturated rings. The van der Waals surface area contributed by atoms with E-state index in [2.05, 4.69) is 10.4 Å². The summed E-state index contributed by atoms with van der Waals surface area (Å²) in [4.78, 5) is 12.6. The molecule has 0 spiro atoms.